The summed E-state index contributed by atoms with van der Waals surface area (Å²) >= 11 is 4.98. The number of amides is 2. The fraction of sp³-hybridized carbons (Fsp3) is 0.333. The Morgan fingerprint density at radius 1 is 1.53 bits per heavy atom. The van der Waals surface area contributed by atoms with E-state index in [1.165, 1.54) is 0 Å². The van der Waals surface area contributed by atoms with E-state index in [0.717, 1.165) is 0 Å². The van der Waals surface area contributed by atoms with Crippen molar-refractivity contribution in [2.75, 3.05) is 11.4 Å². The van der Waals surface area contributed by atoms with Gasteiger partial charge in [0.2, 0.25) is 5.91 Å². The number of nitrogens with zero attached hydrogens (tertiary/aromatic N) is 2. The van der Waals surface area contributed by atoms with Crippen molar-refractivity contribution in [3.8, 4) is 0 Å². The SMILES string of the molecule is CC1(C)C(=O)NC(=O)CN1c1ncccc1C(N)=S. The Kier molecular flexibility index (Phi) is 3.23. The van der Waals surface area contributed by atoms with Gasteiger partial charge in [0.1, 0.15) is 16.3 Å². The Balaban J connectivity index is 2.53. The highest BCUT2D eigenvalue weighted by Gasteiger charge is 2.42. The van der Waals surface area contributed by atoms with Crippen LogP contribution in [0.3, 0.4) is 0 Å². The summed E-state index contributed by atoms with van der Waals surface area (Å²) in [4.78, 5) is 29.5. The van der Waals surface area contributed by atoms with E-state index >= 15 is 0 Å². The summed E-state index contributed by atoms with van der Waals surface area (Å²) in [7, 11) is 0. The van der Waals surface area contributed by atoms with Crippen LogP contribution >= 0.6 is 12.2 Å². The van der Waals surface area contributed by atoms with Gasteiger partial charge in [0.15, 0.2) is 0 Å². The Bertz CT molecular complexity index is 571. The third kappa shape index (κ3) is 2.28. The lowest BCUT2D eigenvalue weighted by Crippen LogP contribution is -2.64. The van der Waals surface area contributed by atoms with Gasteiger partial charge in [-0.3, -0.25) is 14.9 Å². The second-order valence-electron chi connectivity index (χ2n) is 4.76. The average Bonchev–Trinajstić information content (AvgIpc) is 2.34. The first-order valence-corrected chi connectivity index (χ1v) is 6.11. The van der Waals surface area contributed by atoms with Crippen LogP contribution in [0.1, 0.15) is 19.4 Å². The van der Waals surface area contributed by atoms with Crippen LogP contribution in [0.2, 0.25) is 0 Å². The summed E-state index contributed by atoms with van der Waals surface area (Å²) < 4.78 is 0. The van der Waals surface area contributed by atoms with Gasteiger partial charge in [-0.05, 0) is 26.0 Å². The van der Waals surface area contributed by atoms with Crippen molar-refractivity contribution < 1.29 is 9.59 Å². The van der Waals surface area contributed by atoms with Crippen molar-refractivity contribution in [2.24, 2.45) is 5.73 Å². The van der Waals surface area contributed by atoms with Crippen LogP contribution in [0.25, 0.3) is 0 Å². The number of anilines is 1. The van der Waals surface area contributed by atoms with Crippen molar-refractivity contribution in [3.63, 3.8) is 0 Å². The fourth-order valence-corrected chi connectivity index (χ4v) is 2.09. The van der Waals surface area contributed by atoms with Gasteiger partial charge in [-0.1, -0.05) is 12.2 Å². The van der Waals surface area contributed by atoms with Crippen molar-refractivity contribution in [2.45, 2.75) is 19.4 Å². The maximum atomic E-state index is 11.9. The summed E-state index contributed by atoms with van der Waals surface area (Å²) in [5.41, 5.74) is 5.31. The van der Waals surface area contributed by atoms with E-state index in [0.29, 0.717) is 11.4 Å². The molecule has 0 spiro atoms. The number of pyridine rings is 1. The topological polar surface area (TPSA) is 88.3 Å². The molecule has 0 radical (unpaired) electrons. The number of piperazine rings is 1. The number of imide groups is 1. The third-order valence-electron chi connectivity index (χ3n) is 3.09. The predicted molar refractivity (Wildman–Crippen MR) is 74.7 cm³/mol. The molecule has 3 N–H and O–H groups in total. The van der Waals surface area contributed by atoms with Gasteiger partial charge < -0.3 is 10.6 Å². The molecule has 1 aromatic rings. The van der Waals surface area contributed by atoms with Crippen molar-refractivity contribution in [1.29, 1.82) is 0 Å². The predicted octanol–water partition coefficient (Wildman–Crippen LogP) is -0.0428. The molecule has 100 valence electrons. The molecule has 2 amide bonds. The number of carbonyl (C=O) groups excluding carboxylic acids is 2. The summed E-state index contributed by atoms with van der Waals surface area (Å²) in [6.07, 6.45) is 1.57. The van der Waals surface area contributed by atoms with E-state index in [4.69, 9.17) is 18.0 Å². The van der Waals surface area contributed by atoms with Crippen LogP contribution in [-0.4, -0.2) is 33.9 Å². The van der Waals surface area contributed by atoms with Crippen LogP contribution in [0.4, 0.5) is 5.82 Å². The molecule has 1 saturated heterocycles. The van der Waals surface area contributed by atoms with Gasteiger partial charge in [0.25, 0.3) is 5.91 Å². The highest BCUT2D eigenvalue weighted by Crippen LogP contribution is 2.27. The van der Waals surface area contributed by atoms with Crippen molar-refractivity contribution in [1.82, 2.24) is 10.3 Å². The van der Waals surface area contributed by atoms with E-state index < -0.39 is 5.54 Å². The Hall–Kier alpha value is -2.02. The van der Waals surface area contributed by atoms with E-state index in [9.17, 15) is 9.59 Å². The lowest BCUT2D eigenvalue weighted by Gasteiger charge is -2.41. The summed E-state index contributed by atoms with van der Waals surface area (Å²) in [5, 5.41) is 2.31. The van der Waals surface area contributed by atoms with Gasteiger partial charge in [0, 0.05) is 6.20 Å². The molecular formula is C12H14N4O2S. The molecule has 7 heteroatoms. The Labute approximate surface area is 116 Å². The first-order valence-electron chi connectivity index (χ1n) is 5.71. The van der Waals surface area contributed by atoms with Gasteiger partial charge in [-0.2, -0.15) is 0 Å². The molecule has 0 unspecified atom stereocenters. The molecule has 6 nitrogen and oxygen atoms in total. The molecule has 1 fully saturated rings. The van der Waals surface area contributed by atoms with Gasteiger partial charge in [-0.25, -0.2) is 4.98 Å². The van der Waals surface area contributed by atoms with Gasteiger partial charge >= 0.3 is 0 Å². The molecule has 0 saturated carbocycles. The van der Waals surface area contributed by atoms with Gasteiger partial charge in [-0.15, -0.1) is 0 Å². The lowest BCUT2D eigenvalue weighted by molar-refractivity contribution is -0.135. The molecule has 19 heavy (non-hydrogen) atoms. The van der Waals surface area contributed by atoms with Crippen molar-refractivity contribution >= 4 is 34.8 Å². The zero-order chi connectivity index (χ0) is 14.2. The summed E-state index contributed by atoms with van der Waals surface area (Å²) in [5.74, 6) is -0.296. The smallest absolute Gasteiger partial charge is 0.251 e. The van der Waals surface area contributed by atoms with Crippen LogP contribution in [-0.2, 0) is 9.59 Å². The van der Waals surface area contributed by atoms with E-state index in [1.807, 2.05) is 0 Å². The molecule has 2 rings (SSSR count). The molecule has 0 aromatic carbocycles. The second kappa shape index (κ2) is 4.58. The number of rotatable bonds is 2. The molecule has 2 heterocycles. The minimum atomic E-state index is -0.901. The number of aromatic nitrogens is 1. The number of nitrogens with two attached hydrogens (primary N) is 1. The Morgan fingerprint density at radius 2 is 2.21 bits per heavy atom. The number of thiocarbonyl (C=S) groups is 1. The highest BCUT2D eigenvalue weighted by molar-refractivity contribution is 7.80. The first-order chi connectivity index (χ1) is 8.84. The van der Waals surface area contributed by atoms with E-state index in [-0.39, 0.29) is 23.3 Å². The van der Waals surface area contributed by atoms with Crippen LogP contribution in [0.15, 0.2) is 18.3 Å². The minimum Gasteiger partial charge on any atom is -0.389 e. The van der Waals surface area contributed by atoms with Crippen LogP contribution < -0.4 is 16.0 Å². The molecule has 0 atom stereocenters. The second-order valence-corrected chi connectivity index (χ2v) is 5.20. The van der Waals surface area contributed by atoms with Gasteiger partial charge in [0.05, 0.1) is 12.1 Å². The molecule has 1 aliphatic heterocycles. The molecule has 1 aliphatic rings. The van der Waals surface area contributed by atoms with E-state index in [1.54, 1.807) is 37.1 Å². The zero-order valence-corrected chi connectivity index (χ0v) is 11.5. The molecular weight excluding hydrogens is 264 g/mol. The lowest BCUT2D eigenvalue weighted by atomic mass is 9.98. The highest BCUT2D eigenvalue weighted by atomic mass is 32.1. The standard InChI is InChI=1S/C12H14N4O2S/c1-12(2)11(18)15-8(17)6-16(12)10-7(9(13)19)4-3-5-14-10/h3-5H,6H2,1-2H3,(H2,13,19)(H,15,17,18). The van der Waals surface area contributed by atoms with Crippen LogP contribution in [0.5, 0.6) is 0 Å². The minimum absolute atomic E-state index is 0.0331. The fourth-order valence-electron chi connectivity index (χ4n) is 1.93. The summed E-state index contributed by atoms with van der Waals surface area (Å²) in [6.45, 7) is 3.46. The summed E-state index contributed by atoms with van der Waals surface area (Å²) in [6, 6.07) is 3.43. The number of nitrogens with one attached hydrogen (secondary N) is 1. The Morgan fingerprint density at radius 3 is 2.84 bits per heavy atom. The third-order valence-corrected chi connectivity index (χ3v) is 3.31. The molecule has 1 aromatic heterocycles. The normalized spacial score (nSPS) is 18.1. The molecule has 0 bridgehead atoms. The van der Waals surface area contributed by atoms with Crippen molar-refractivity contribution in [3.05, 3.63) is 23.9 Å². The zero-order valence-electron chi connectivity index (χ0n) is 10.6. The number of hydrogen-bond acceptors (Lipinski definition) is 5. The maximum Gasteiger partial charge on any atom is 0.251 e. The number of hydrogen-bond donors (Lipinski definition) is 2. The molecule has 0 aliphatic carbocycles. The monoisotopic (exact) mass is 278 g/mol. The average molecular weight is 278 g/mol. The quantitative estimate of drug-likeness (QED) is 0.583. The largest absolute Gasteiger partial charge is 0.389 e. The van der Waals surface area contributed by atoms with Crippen LogP contribution in [0, 0.1) is 0 Å². The number of carbonyl (C=O) groups is 2. The van der Waals surface area contributed by atoms with E-state index in [2.05, 4.69) is 10.3 Å². The first kappa shape index (κ1) is 13.4. The maximum absolute atomic E-state index is 11.9.